The molecule has 100 valence electrons. The summed E-state index contributed by atoms with van der Waals surface area (Å²) >= 11 is 0. The number of aromatic carboxylic acids is 1. The van der Waals surface area contributed by atoms with Crippen LogP contribution in [-0.2, 0) is 0 Å². The van der Waals surface area contributed by atoms with Gasteiger partial charge in [0.2, 0.25) is 0 Å². The molecule has 20 heavy (non-hydrogen) atoms. The Balaban J connectivity index is 2.02. The lowest BCUT2D eigenvalue weighted by molar-refractivity contribution is 0.0691. The molecule has 0 unspecified atom stereocenters. The molecule has 0 amide bonds. The van der Waals surface area contributed by atoms with Crippen molar-refractivity contribution in [3.8, 4) is 0 Å². The van der Waals surface area contributed by atoms with Gasteiger partial charge in [0.15, 0.2) is 17.2 Å². The molecule has 0 atom stereocenters. The maximum absolute atomic E-state index is 10.9. The van der Waals surface area contributed by atoms with Gasteiger partial charge < -0.3 is 10.0 Å². The first kappa shape index (κ1) is 12.1. The number of aromatic nitrogens is 4. The van der Waals surface area contributed by atoms with Crippen LogP contribution < -0.4 is 4.90 Å². The van der Waals surface area contributed by atoms with Crippen LogP contribution in [-0.4, -0.2) is 37.7 Å². The van der Waals surface area contributed by atoms with E-state index in [9.17, 15) is 4.79 Å². The monoisotopic (exact) mass is 269 g/mol. The zero-order valence-electron chi connectivity index (χ0n) is 10.6. The predicted octanol–water partition coefficient (Wildman–Crippen LogP) is 1.59. The normalized spacial score (nSPS) is 10.7. The van der Waals surface area contributed by atoms with E-state index in [-0.39, 0.29) is 5.69 Å². The molecular formula is C13H11N5O2. The molecule has 3 aromatic heterocycles. The van der Waals surface area contributed by atoms with Crippen molar-refractivity contribution in [2.75, 3.05) is 11.9 Å². The minimum atomic E-state index is -1.07. The van der Waals surface area contributed by atoms with Gasteiger partial charge in [0, 0.05) is 25.1 Å². The number of imidazole rings is 1. The first-order valence-electron chi connectivity index (χ1n) is 5.88. The molecular weight excluding hydrogens is 258 g/mol. The summed E-state index contributed by atoms with van der Waals surface area (Å²) in [7, 11) is 1.87. The molecule has 7 heteroatoms. The van der Waals surface area contributed by atoms with Gasteiger partial charge in [-0.3, -0.25) is 4.98 Å². The van der Waals surface area contributed by atoms with Crippen LogP contribution in [0.4, 0.5) is 11.5 Å². The molecule has 0 radical (unpaired) electrons. The number of rotatable bonds is 3. The first-order valence-corrected chi connectivity index (χ1v) is 5.88. The summed E-state index contributed by atoms with van der Waals surface area (Å²) in [5, 5.41) is 13.3. The molecule has 0 aliphatic heterocycles. The number of pyridine rings is 1. The highest BCUT2D eigenvalue weighted by molar-refractivity contribution is 5.86. The number of carboxylic acid groups (broad SMARTS) is 1. The van der Waals surface area contributed by atoms with Gasteiger partial charge in [-0.05, 0) is 24.3 Å². The molecule has 7 nitrogen and oxygen atoms in total. The topological polar surface area (TPSA) is 83.6 Å². The maximum Gasteiger partial charge on any atom is 0.356 e. The Morgan fingerprint density at radius 1 is 1.25 bits per heavy atom. The number of anilines is 2. The second kappa shape index (κ2) is 4.61. The Labute approximate surface area is 114 Å². The van der Waals surface area contributed by atoms with Crippen molar-refractivity contribution >= 4 is 23.1 Å². The Hall–Kier alpha value is -2.96. The van der Waals surface area contributed by atoms with Crippen molar-refractivity contribution in [1.82, 2.24) is 19.6 Å². The molecule has 0 spiro atoms. The molecule has 0 saturated heterocycles. The average molecular weight is 269 g/mol. The van der Waals surface area contributed by atoms with E-state index in [1.165, 1.54) is 10.7 Å². The number of nitrogens with zero attached hydrogens (tertiary/aromatic N) is 5. The summed E-state index contributed by atoms with van der Waals surface area (Å²) in [6, 6.07) is 7.24. The molecule has 3 aromatic rings. The van der Waals surface area contributed by atoms with Crippen molar-refractivity contribution in [2.45, 2.75) is 0 Å². The molecule has 0 bridgehead atoms. The van der Waals surface area contributed by atoms with E-state index in [1.54, 1.807) is 24.5 Å². The summed E-state index contributed by atoms with van der Waals surface area (Å²) in [6.07, 6.45) is 4.79. The minimum absolute atomic E-state index is 0.0267. The smallest absolute Gasteiger partial charge is 0.356 e. The Kier molecular flexibility index (Phi) is 2.79. The summed E-state index contributed by atoms with van der Waals surface area (Å²) in [5.74, 6) is -0.391. The van der Waals surface area contributed by atoms with Crippen LogP contribution in [0.15, 0.2) is 42.9 Å². The number of carboxylic acids is 1. The van der Waals surface area contributed by atoms with Gasteiger partial charge in [-0.15, -0.1) is 5.10 Å². The first-order chi connectivity index (χ1) is 9.65. The highest BCUT2D eigenvalue weighted by Crippen LogP contribution is 2.20. The van der Waals surface area contributed by atoms with Crippen molar-refractivity contribution in [3.05, 3.63) is 48.5 Å². The summed E-state index contributed by atoms with van der Waals surface area (Å²) in [4.78, 5) is 20.7. The van der Waals surface area contributed by atoms with E-state index in [0.29, 0.717) is 11.5 Å². The lowest BCUT2D eigenvalue weighted by Gasteiger charge is -2.17. The second-order valence-corrected chi connectivity index (χ2v) is 4.19. The van der Waals surface area contributed by atoms with E-state index in [4.69, 9.17) is 5.11 Å². The molecule has 0 aliphatic carbocycles. The number of hydrogen-bond donors (Lipinski definition) is 1. The third kappa shape index (κ3) is 2.05. The number of fused-ring (bicyclic) bond motifs is 1. The summed E-state index contributed by atoms with van der Waals surface area (Å²) in [5.41, 5.74) is 1.40. The van der Waals surface area contributed by atoms with Crippen molar-refractivity contribution < 1.29 is 9.90 Å². The number of carbonyl (C=O) groups is 1. The Bertz CT molecular complexity index is 769. The fourth-order valence-electron chi connectivity index (χ4n) is 1.85. The predicted molar refractivity (Wildman–Crippen MR) is 72.2 cm³/mol. The maximum atomic E-state index is 10.9. The van der Waals surface area contributed by atoms with Crippen LogP contribution in [0.3, 0.4) is 0 Å². The number of hydrogen-bond acceptors (Lipinski definition) is 5. The third-order valence-corrected chi connectivity index (χ3v) is 2.92. The standard InChI is InChI=1S/C13H11N5O2/c1-17(9-4-6-14-7-5-9)12-3-2-11-15-10(13(19)20)8-18(11)16-12/h2-8H,1H3,(H,19,20). The highest BCUT2D eigenvalue weighted by atomic mass is 16.4. The van der Waals surface area contributed by atoms with Crippen molar-refractivity contribution in [2.24, 2.45) is 0 Å². The highest BCUT2D eigenvalue weighted by Gasteiger charge is 2.11. The van der Waals surface area contributed by atoms with Gasteiger partial charge in [0.25, 0.3) is 0 Å². The van der Waals surface area contributed by atoms with E-state index in [2.05, 4.69) is 15.1 Å². The van der Waals surface area contributed by atoms with Gasteiger partial charge in [0.05, 0.1) is 6.20 Å². The van der Waals surface area contributed by atoms with Gasteiger partial charge in [-0.2, -0.15) is 0 Å². The van der Waals surface area contributed by atoms with Crippen molar-refractivity contribution in [1.29, 1.82) is 0 Å². The van der Waals surface area contributed by atoms with Crippen LogP contribution >= 0.6 is 0 Å². The van der Waals surface area contributed by atoms with E-state index in [0.717, 1.165) is 5.69 Å². The molecule has 1 N–H and O–H groups in total. The minimum Gasteiger partial charge on any atom is -0.476 e. The van der Waals surface area contributed by atoms with Crippen LogP contribution in [0.5, 0.6) is 0 Å². The quantitative estimate of drug-likeness (QED) is 0.777. The third-order valence-electron chi connectivity index (χ3n) is 2.92. The molecule has 0 fully saturated rings. The van der Waals surface area contributed by atoms with E-state index in [1.807, 2.05) is 24.1 Å². The second-order valence-electron chi connectivity index (χ2n) is 4.19. The Morgan fingerprint density at radius 3 is 2.70 bits per heavy atom. The van der Waals surface area contributed by atoms with Gasteiger partial charge in [-0.1, -0.05) is 0 Å². The fraction of sp³-hybridized carbons (Fsp3) is 0.0769. The zero-order chi connectivity index (χ0) is 14.1. The molecule has 0 aliphatic rings. The lowest BCUT2D eigenvalue weighted by atomic mass is 10.3. The van der Waals surface area contributed by atoms with Crippen LogP contribution in [0, 0.1) is 0 Å². The molecule has 0 aromatic carbocycles. The van der Waals surface area contributed by atoms with Crippen LogP contribution in [0.1, 0.15) is 10.5 Å². The van der Waals surface area contributed by atoms with Crippen LogP contribution in [0.2, 0.25) is 0 Å². The zero-order valence-corrected chi connectivity index (χ0v) is 10.6. The SMILES string of the molecule is CN(c1ccncc1)c1ccc2nc(C(=O)O)cn2n1. The molecule has 3 rings (SSSR count). The van der Waals surface area contributed by atoms with Gasteiger partial charge >= 0.3 is 5.97 Å². The van der Waals surface area contributed by atoms with E-state index >= 15 is 0 Å². The average Bonchev–Trinajstić information content (AvgIpc) is 2.90. The largest absolute Gasteiger partial charge is 0.476 e. The molecule has 3 heterocycles. The summed E-state index contributed by atoms with van der Waals surface area (Å²) in [6.45, 7) is 0. The lowest BCUT2D eigenvalue weighted by Crippen LogP contribution is -2.12. The Morgan fingerprint density at radius 2 is 2.00 bits per heavy atom. The van der Waals surface area contributed by atoms with Gasteiger partial charge in [0.1, 0.15) is 0 Å². The summed E-state index contributed by atoms with van der Waals surface area (Å²) < 4.78 is 1.45. The van der Waals surface area contributed by atoms with Crippen LogP contribution in [0.25, 0.3) is 5.65 Å². The molecule has 0 saturated carbocycles. The van der Waals surface area contributed by atoms with Gasteiger partial charge in [-0.25, -0.2) is 14.3 Å². The fourth-order valence-corrected chi connectivity index (χ4v) is 1.85. The van der Waals surface area contributed by atoms with E-state index < -0.39 is 5.97 Å². The van der Waals surface area contributed by atoms with Crippen molar-refractivity contribution in [3.63, 3.8) is 0 Å².